The zero-order valence-corrected chi connectivity index (χ0v) is 14.3. The van der Waals surface area contributed by atoms with E-state index in [0.717, 1.165) is 27.2 Å². The number of thiazole rings is 1. The minimum Gasteiger partial charge on any atom is -0.354 e. The Labute approximate surface area is 139 Å². The molecule has 116 valence electrons. The lowest BCUT2D eigenvalue weighted by molar-refractivity contribution is 0.802. The van der Waals surface area contributed by atoms with E-state index in [0.29, 0.717) is 12.6 Å². The maximum Gasteiger partial charge on any atom is 0.191 e. The van der Waals surface area contributed by atoms with Gasteiger partial charge in [0.15, 0.2) is 5.96 Å². The highest BCUT2D eigenvalue weighted by molar-refractivity contribution is 7.12. The van der Waals surface area contributed by atoms with E-state index in [1.807, 2.05) is 24.3 Å². The summed E-state index contributed by atoms with van der Waals surface area (Å²) in [5, 5.41) is 8.50. The van der Waals surface area contributed by atoms with Crippen LogP contribution in [0.5, 0.6) is 0 Å². The van der Waals surface area contributed by atoms with Crippen LogP contribution in [0.3, 0.4) is 0 Å². The minimum absolute atomic E-state index is 0.592. The van der Waals surface area contributed by atoms with Gasteiger partial charge in [-0.15, -0.1) is 11.3 Å². The number of nitrogens with one attached hydrogen (secondary N) is 2. The van der Waals surface area contributed by atoms with E-state index in [9.17, 15) is 0 Å². The van der Waals surface area contributed by atoms with Crippen molar-refractivity contribution >= 4 is 28.9 Å². The summed E-state index contributed by atoms with van der Waals surface area (Å²) in [6.45, 7) is 2.79. The first kappa shape index (κ1) is 15.3. The lowest BCUT2D eigenvalue weighted by atomic mass is 10.1. The van der Waals surface area contributed by atoms with Gasteiger partial charge in [0.1, 0.15) is 5.01 Å². The van der Waals surface area contributed by atoms with Crippen LogP contribution in [0.2, 0.25) is 5.02 Å². The van der Waals surface area contributed by atoms with Crippen LogP contribution < -0.4 is 10.6 Å². The molecule has 1 aliphatic carbocycles. The highest BCUT2D eigenvalue weighted by atomic mass is 35.5. The van der Waals surface area contributed by atoms with Crippen LogP contribution in [-0.2, 0) is 6.54 Å². The smallest absolute Gasteiger partial charge is 0.191 e. The average Bonchev–Trinajstić information content (AvgIpc) is 3.26. The number of aliphatic imine (C=N–C) groups is 1. The number of aromatic nitrogens is 1. The van der Waals surface area contributed by atoms with E-state index >= 15 is 0 Å². The zero-order valence-electron chi connectivity index (χ0n) is 12.7. The van der Waals surface area contributed by atoms with Gasteiger partial charge in [0.05, 0.1) is 12.2 Å². The number of rotatable bonds is 4. The summed E-state index contributed by atoms with van der Waals surface area (Å²) >= 11 is 7.65. The number of nitrogens with zero attached hydrogens (tertiary/aromatic N) is 2. The normalized spacial score (nSPS) is 15.0. The lowest BCUT2D eigenvalue weighted by Crippen LogP contribution is -2.38. The van der Waals surface area contributed by atoms with Crippen molar-refractivity contribution in [3.8, 4) is 11.3 Å². The fraction of sp³-hybridized carbons (Fsp3) is 0.375. The van der Waals surface area contributed by atoms with E-state index in [1.54, 1.807) is 18.4 Å². The molecular weight excluding hydrogens is 316 g/mol. The molecule has 6 heteroatoms. The van der Waals surface area contributed by atoms with Gasteiger partial charge in [-0.3, -0.25) is 4.99 Å². The van der Waals surface area contributed by atoms with Crippen LogP contribution in [0.4, 0.5) is 0 Å². The van der Waals surface area contributed by atoms with Gasteiger partial charge in [-0.25, -0.2) is 4.98 Å². The van der Waals surface area contributed by atoms with Crippen molar-refractivity contribution in [1.82, 2.24) is 15.6 Å². The molecule has 0 unspecified atom stereocenters. The van der Waals surface area contributed by atoms with Crippen molar-refractivity contribution in [3.63, 3.8) is 0 Å². The standard InChI is InChI=1S/C16H19ClN4S/c1-10-15(11-3-5-12(17)6-4-11)21-14(22-10)9-19-16(18-2)20-13-7-8-13/h3-6,13H,7-9H2,1-2H3,(H2,18,19,20). The number of aryl methyl sites for hydroxylation is 1. The number of hydrogen-bond donors (Lipinski definition) is 2. The van der Waals surface area contributed by atoms with Gasteiger partial charge >= 0.3 is 0 Å². The molecule has 1 aromatic heterocycles. The van der Waals surface area contributed by atoms with Crippen LogP contribution in [0.25, 0.3) is 11.3 Å². The molecule has 0 amide bonds. The molecule has 1 saturated carbocycles. The third-order valence-corrected chi connectivity index (χ3v) is 4.73. The number of halogens is 1. The van der Waals surface area contributed by atoms with Gasteiger partial charge in [0.2, 0.25) is 0 Å². The average molecular weight is 335 g/mol. The third kappa shape index (κ3) is 3.78. The van der Waals surface area contributed by atoms with Crippen LogP contribution in [0, 0.1) is 6.92 Å². The highest BCUT2D eigenvalue weighted by Crippen LogP contribution is 2.28. The van der Waals surface area contributed by atoms with Gasteiger partial charge in [0, 0.05) is 28.6 Å². The fourth-order valence-corrected chi connectivity index (χ4v) is 3.20. The Morgan fingerprint density at radius 2 is 2.09 bits per heavy atom. The quantitative estimate of drug-likeness (QED) is 0.663. The van der Waals surface area contributed by atoms with Gasteiger partial charge in [-0.1, -0.05) is 23.7 Å². The Hall–Kier alpha value is -1.59. The first-order valence-corrected chi connectivity index (χ1v) is 8.54. The monoisotopic (exact) mass is 334 g/mol. The van der Waals surface area contributed by atoms with E-state index in [-0.39, 0.29) is 0 Å². The Balaban J connectivity index is 1.67. The molecule has 1 fully saturated rings. The molecular formula is C16H19ClN4S. The van der Waals surface area contributed by atoms with Gasteiger partial charge in [-0.05, 0) is 31.9 Å². The van der Waals surface area contributed by atoms with Crippen molar-refractivity contribution in [1.29, 1.82) is 0 Å². The van der Waals surface area contributed by atoms with E-state index in [2.05, 4.69) is 22.5 Å². The van der Waals surface area contributed by atoms with Gasteiger partial charge in [-0.2, -0.15) is 0 Å². The van der Waals surface area contributed by atoms with E-state index in [4.69, 9.17) is 16.6 Å². The first-order chi connectivity index (χ1) is 10.7. The summed E-state index contributed by atoms with van der Waals surface area (Å²) in [7, 11) is 1.80. The topological polar surface area (TPSA) is 49.3 Å². The lowest BCUT2D eigenvalue weighted by Gasteiger charge is -2.09. The van der Waals surface area contributed by atoms with Crippen LogP contribution in [-0.4, -0.2) is 24.0 Å². The molecule has 0 saturated heterocycles. The summed E-state index contributed by atoms with van der Waals surface area (Å²) in [6.07, 6.45) is 2.47. The molecule has 0 bridgehead atoms. The molecule has 22 heavy (non-hydrogen) atoms. The minimum atomic E-state index is 0.592. The Morgan fingerprint density at radius 3 is 2.73 bits per heavy atom. The van der Waals surface area contributed by atoms with Crippen molar-refractivity contribution in [2.24, 2.45) is 4.99 Å². The molecule has 0 spiro atoms. The SMILES string of the molecule is CN=C(NCc1nc(-c2ccc(Cl)cc2)c(C)s1)NC1CC1. The van der Waals surface area contributed by atoms with E-state index < -0.39 is 0 Å². The maximum absolute atomic E-state index is 5.94. The second kappa shape index (κ2) is 6.67. The largest absolute Gasteiger partial charge is 0.354 e. The maximum atomic E-state index is 5.94. The zero-order chi connectivity index (χ0) is 15.5. The molecule has 0 atom stereocenters. The Morgan fingerprint density at radius 1 is 1.36 bits per heavy atom. The summed E-state index contributed by atoms with van der Waals surface area (Å²) < 4.78 is 0. The third-order valence-electron chi connectivity index (χ3n) is 3.51. The molecule has 2 N–H and O–H groups in total. The van der Waals surface area contributed by atoms with Crippen molar-refractivity contribution in [2.45, 2.75) is 32.4 Å². The van der Waals surface area contributed by atoms with Gasteiger partial charge < -0.3 is 10.6 Å². The molecule has 3 rings (SSSR count). The molecule has 2 aromatic rings. The number of benzene rings is 1. The number of guanidine groups is 1. The predicted octanol–water partition coefficient (Wildman–Crippen LogP) is 3.60. The molecule has 0 radical (unpaired) electrons. The van der Waals surface area contributed by atoms with E-state index in [1.165, 1.54) is 17.7 Å². The molecule has 1 aromatic carbocycles. The van der Waals surface area contributed by atoms with Crippen LogP contribution in [0.15, 0.2) is 29.3 Å². The van der Waals surface area contributed by atoms with Crippen molar-refractivity contribution in [3.05, 3.63) is 39.2 Å². The molecule has 4 nitrogen and oxygen atoms in total. The summed E-state index contributed by atoms with van der Waals surface area (Å²) in [6, 6.07) is 8.41. The fourth-order valence-electron chi connectivity index (χ4n) is 2.18. The second-order valence-electron chi connectivity index (χ2n) is 5.36. The Bertz CT molecular complexity index is 674. The summed E-state index contributed by atoms with van der Waals surface area (Å²) in [4.78, 5) is 10.2. The van der Waals surface area contributed by atoms with Crippen molar-refractivity contribution < 1.29 is 0 Å². The highest BCUT2D eigenvalue weighted by Gasteiger charge is 2.22. The van der Waals surface area contributed by atoms with Crippen LogP contribution >= 0.6 is 22.9 Å². The first-order valence-electron chi connectivity index (χ1n) is 7.35. The molecule has 1 aliphatic rings. The second-order valence-corrected chi connectivity index (χ2v) is 7.09. The van der Waals surface area contributed by atoms with Gasteiger partial charge in [0.25, 0.3) is 0 Å². The predicted molar refractivity (Wildman–Crippen MR) is 93.7 cm³/mol. The summed E-state index contributed by atoms with van der Waals surface area (Å²) in [5.41, 5.74) is 2.13. The number of hydrogen-bond acceptors (Lipinski definition) is 3. The Kier molecular flexibility index (Phi) is 4.64. The van der Waals surface area contributed by atoms with Crippen molar-refractivity contribution in [2.75, 3.05) is 7.05 Å². The summed E-state index contributed by atoms with van der Waals surface area (Å²) in [5.74, 6) is 0.850. The molecule has 1 heterocycles. The van der Waals surface area contributed by atoms with Crippen LogP contribution in [0.1, 0.15) is 22.7 Å². The molecule has 0 aliphatic heterocycles.